The molecular formula is C28H24ClFN6O. The molecule has 2 aromatic heterocycles. The van der Waals surface area contributed by atoms with E-state index in [-0.39, 0.29) is 10.6 Å². The number of fused-ring (bicyclic) bond motifs is 1. The van der Waals surface area contributed by atoms with Crippen LogP contribution < -0.4 is 5.73 Å². The molecule has 1 aliphatic heterocycles. The highest BCUT2D eigenvalue weighted by Crippen LogP contribution is 2.31. The van der Waals surface area contributed by atoms with Crippen LogP contribution in [0.2, 0.25) is 5.02 Å². The van der Waals surface area contributed by atoms with Gasteiger partial charge < -0.3 is 15.2 Å². The molecule has 0 saturated heterocycles. The van der Waals surface area contributed by atoms with Gasteiger partial charge in [0, 0.05) is 41.8 Å². The second-order valence-electron chi connectivity index (χ2n) is 8.78. The Hall–Kier alpha value is -4.22. The van der Waals surface area contributed by atoms with Gasteiger partial charge in [0.25, 0.3) is 5.91 Å². The van der Waals surface area contributed by atoms with E-state index >= 15 is 4.39 Å². The minimum Gasteiger partial charge on any atom is -0.399 e. The lowest BCUT2D eigenvalue weighted by Gasteiger charge is -2.29. The molecule has 37 heavy (non-hydrogen) atoms. The number of hydrogen-bond acceptors (Lipinski definition) is 5. The summed E-state index contributed by atoms with van der Waals surface area (Å²) < 4.78 is 17.5. The van der Waals surface area contributed by atoms with Gasteiger partial charge in [-0.3, -0.25) is 4.79 Å². The van der Waals surface area contributed by atoms with E-state index < -0.39 is 11.7 Å². The average Bonchev–Trinajstić information content (AvgIpc) is 3.27. The normalized spacial score (nSPS) is 12.6. The Morgan fingerprint density at radius 1 is 1.14 bits per heavy atom. The maximum absolute atomic E-state index is 15.5. The van der Waals surface area contributed by atoms with Crippen molar-refractivity contribution in [3.8, 4) is 23.1 Å². The number of hydrogen-bond donors (Lipinski definition) is 1. The van der Waals surface area contributed by atoms with Crippen molar-refractivity contribution in [2.45, 2.75) is 33.4 Å². The summed E-state index contributed by atoms with van der Waals surface area (Å²) in [5.41, 5.74) is 10.2. The molecular weight excluding hydrogens is 491 g/mol. The molecule has 0 saturated carbocycles. The first-order chi connectivity index (χ1) is 17.9. The monoisotopic (exact) mass is 514 g/mol. The summed E-state index contributed by atoms with van der Waals surface area (Å²) >= 11 is 6.52. The number of nitrogens with zero attached hydrogens (tertiary/aromatic N) is 5. The standard InChI is InChI=1S/C28H24ClFN6O/c1-3-24-21(9-6-18-4-7-20(31)8-5-18)27(34-16-33-24)19-12-22(29)26(23(30)13-19)28(37)35-10-11-36-17(2)14-32-25(36)15-35/h4-5,7-8,12-14,16H,3,10-11,15,31H2,1-2H3. The number of halogens is 2. The van der Waals surface area contributed by atoms with Crippen molar-refractivity contribution in [1.29, 1.82) is 0 Å². The van der Waals surface area contributed by atoms with Gasteiger partial charge >= 0.3 is 0 Å². The Bertz CT molecular complexity index is 1550. The number of rotatable bonds is 3. The van der Waals surface area contributed by atoms with E-state index in [1.165, 1.54) is 12.4 Å². The third kappa shape index (κ3) is 4.78. The maximum Gasteiger partial charge on any atom is 0.258 e. The van der Waals surface area contributed by atoms with E-state index in [4.69, 9.17) is 17.3 Å². The van der Waals surface area contributed by atoms with Gasteiger partial charge in [-0.1, -0.05) is 30.4 Å². The van der Waals surface area contributed by atoms with Crippen LogP contribution in [0.1, 0.15) is 45.6 Å². The number of nitrogen functional groups attached to an aromatic ring is 1. The number of carbonyl (C=O) groups excluding carboxylic acids is 1. The predicted octanol–water partition coefficient (Wildman–Crippen LogP) is 4.64. The Morgan fingerprint density at radius 2 is 1.92 bits per heavy atom. The van der Waals surface area contributed by atoms with Crippen LogP contribution in [0.4, 0.5) is 10.1 Å². The van der Waals surface area contributed by atoms with Crippen LogP contribution in [-0.2, 0) is 19.5 Å². The molecule has 5 rings (SSSR count). The predicted molar refractivity (Wildman–Crippen MR) is 140 cm³/mol. The molecule has 186 valence electrons. The van der Waals surface area contributed by atoms with Crippen molar-refractivity contribution in [2.24, 2.45) is 0 Å². The molecule has 0 radical (unpaired) electrons. The lowest BCUT2D eigenvalue weighted by molar-refractivity contribution is 0.0702. The lowest BCUT2D eigenvalue weighted by Crippen LogP contribution is -2.39. The van der Waals surface area contributed by atoms with E-state index in [1.54, 1.807) is 29.3 Å². The van der Waals surface area contributed by atoms with Crippen LogP contribution in [0.5, 0.6) is 0 Å². The summed E-state index contributed by atoms with van der Waals surface area (Å²) in [7, 11) is 0. The topological polar surface area (TPSA) is 89.9 Å². The molecule has 0 fully saturated rings. The zero-order chi connectivity index (χ0) is 26.1. The number of carbonyl (C=O) groups is 1. The molecule has 9 heteroatoms. The molecule has 0 unspecified atom stereocenters. The van der Waals surface area contributed by atoms with Crippen molar-refractivity contribution in [3.63, 3.8) is 0 Å². The second kappa shape index (κ2) is 10.0. The Balaban J connectivity index is 1.50. The maximum atomic E-state index is 15.5. The van der Waals surface area contributed by atoms with E-state index in [9.17, 15) is 4.79 Å². The molecule has 0 aliphatic carbocycles. The fourth-order valence-electron chi connectivity index (χ4n) is 4.40. The number of imidazole rings is 1. The van der Waals surface area contributed by atoms with Crippen LogP contribution in [0.3, 0.4) is 0 Å². The number of aryl methyl sites for hydroxylation is 2. The van der Waals surface area contributed by atoms with Crippen LogP contribution in [0, 0.1) is 24.6 Å². The van der Waals surface area contributed by atoms with Crippen molar-refractivity contribution in [2.75, 3.05) is 12.3 Å². The second-order valence-corrected chi connectivity index (χ2v) is 9.19. The number of amides is 1. The van der Waals surface area contributed by atoms with Gasteiger partial charge in [-0.05, 0) is 49.7 Å². The molecule has 0 atom stereocenters. The van der Waals surface area contributed by atoms with E-state index in [0.29, 0.717) is 48.6 Å². The van der Waals surface area contributed by atoms with Gasteiger partial charge in [-0.15, -0.1) is 0 Å². The van der Waals surface area contributed by atoms with Crippen molar-refractivity contribution < 1.29 is 9.18 Å². The number of anilines is 1. The molecule has 2 N–H and O–H groups in total. The first-order valence-electron chi connectivity index (χ1n) is 11.9. The van der Waals surface area contributed by atoms with Gasteiger partial charge in [-0.25, -0.2) is 19.3 Å². The fraction of sp³-hybridized carbons (Fsp3) is 0.214. The first-order valence-corrected chi connectivity index (χ1v) is 12.2. The number of nitrogens with two attached hydrogens (primary N) is 1. The third-order valence-corrected chi connectivity index (χ3v) is 6.68. The third-order valence-electron chi connectivity index (χ3n) is 6.38. The largest absolute Gasteiger partial charge is 0.399 e. The summed E-state index contributed by atoms with van der Waals surface area (Å²) in [5, 5.41) is 0.0131. The molecule has 4 aromatic rings. The summed E-state index contributed by atoms with van der Waals surface area (Å²) in [5.74, 6) is 5.82. The van der Waals surface area contributed by atoms with Crippen LogP contribution >= 0.6 is 11.6 Å². The van der Waals surface area contributed by atoms with Crippen molar-refractivity contribution in [3.05, 3.63) is 93.7 Å². The van der Waals surface area contributed by atoms with Gasteiger partial charge in [-0.2, -0.15) is 0 Å². The SMILES string of the molecule is CCc1ncnc(-c2cc(F)c(C(=O)N3CCn4c(C)cnc4C3)c(Cl)c2)c1C#Cc1ccc(N)cc1. The quantitative estimate of drug-likeness (QED) is 0.318. The van der Waals surface area contributed by atoms with Crippen molar-refractivity contribution in [1.82, 2.24) is 24.4 Å². The van der Waals surface area contributed by atoms with E-state index in [0.717, 1.165) is 22.8 Å². The molecule has 7 nitrogen and oxygen atoms in total. The Labute approximate surface area is 219 Å². The van der Waals surface area contributed by atoms with Gasteiger partial charge in [0.2, 0.25) is 0 Å². The number of aromatic nitrogens is 4. The summed E-state index contributed by atoms with van der Waals surface area (Å²) in [6.07, 6.45) is 3.80. The molecule has 1 aliphatic rings. The summed E-state index contributed by atoms with van der Waals surface area (Å²) in [6, 6.07) is 10.0. The smallest absolute Gasteiger partial charge is 0.258 e. The van der Waals surface area contributed by atoms with Crippen LogP contribution in [-0.4, -0.2) is 36.9 Å². The molecule has 1 amide bonds. The van der Waals surface area contributed by atoms with Gasteiger partial charge in [0.05, 0.1) is 34.1 Å². The zero-order valence-electron chi connectivity index (χ0n) is 20.4. The highest BCUT2D eigenvalue weighted by molar-refractivity contribution is 6.34. The Kier molecular flexibility index (Phi) is 6.64. The van der Waals surface area contributed by atoms with Gasteiger partial charge in [0.1, 0.15) is 18.0 Å². The summed E-state index contributed by atoms with van der Waals surface area (Å²) in [6.45, 7) is 5.26. The fourth-order valence-corrected chi connectivity index (χ4v) is 4.69. The zero-order valence-corrected chi connectivity index (χ0v) is 21.2. The van der Waals surface area contributed by atoms with E-state index in [1.807, 2.05) is 26.0 Å². The van der Waals surface area contributed by atoms with Gasteiger partial charge in [0.15, 0.2) is 0 Å². The number of benzene rings is 2. The first kappa shape index (κ1) is 24.5. The van der Waals surface area contributed by atoms with E-state index in [2.05, 4.69) is 31.4 Å². The van der Waals surface area contributed by atoms with Crippen molar-refractivity contribution >= 4 is 23.2 Å². The average molecular weight is 515 g/mol. The van der Waals surface area contributed by atoms with Crippen LogP contribution in [0.25, 0.3) is 11.3 Å². The minimum atomic E-state index is -0.716. The molecule has 0 spiro atoms. The Morgan fingerprint density at radius 3 is 2.65 bits per heavy atom. The molecule has 2 aromatic carbocycles. The van der Waals surface area contributed by atoms with Crippen LogP contribution in [0.15, 0.2) is 48.9 Å². The summed E-state index contributed by atoms with van der Waals surface area (Å²) in [4.78, 5) is 27.9. The molecule has 3 heterocycles. The molecule has 0 bridgehead atoms. The highest BCUT2D eigenvalue weighted by atomic mass is 35.5. The lowest BCUT2D eigenvalue weighted by atomic mass is 10.0. The highest BCUT2D eigenvalue weighted by Gasteiger charge is 2.28. The minimum absolute atomic E-state index is 0.0131.